The van der Waals surface area contributed by atoms with E-state index in [4.69, 9.17) is 4.74 Å². The molecule has 1 saturated carbocycles. The lowest BCUT2D eigenvalue weighted by atomic mass is 9.75. The van der Waals surface area contributed by atoms with Gasteiger partial charge in [-0.15, -0.1) is 0 Å². The molecule has 0 heterocycles. The van der Waals surface area contributed by atoms with Crippen LogP contribution in [-0.4, -0.2) is 48.1 Å². The molecule has 3 atom stereocenters. The van der Waals surface area contributed by atoms with Gasteiger partial charge in [-0.3, -0.25) is 4.79 Å². The zero-order valence-electron chi connectivity index (χ0n) is 19.8. The van der Waals surface area contributed by atoms with Crippen molar-refractivity contribution in [3.05, 3.63) is 65.2 Å². The Morgan fingerprint density at radius 3 is 2.31 bits per heavy atom. The van der Waals surface area contributed by atoms with Crippen LogP contribution >= 0.6 is 0 Å². The predicted octanol–water partition coefficient (Wildman–Crippen LogP) is 4.19. The van der Waals surface area contributed by atoms with Gasteiger partial charge in [0.1, 0.15) is 11.8 Å². The maximum Gasteiger partial charge on any atom is 0.414 e. The number of carboxylic acid groups (broad SMARTS) is 1. The molecule has 3 rings (SSSR count). The van der Waals surface area contributed by atoms with Gasteiger partial charge in [-0.2, -0.15) is 0 Å². The molecule has 0 radical (unpaired) electrons. The number of hydrogen-bond acceptors (Lipinski definition) is 4. The fourth-order valence-electron chi connectivity index (χ4n) is 4.37. The van der Waals surface area contributed by atoms with Crippen molar-refractivity contribution in [2.75, 3.05) is 14.1 Å². The molecule has 0 aliphatic heterocycles. The normalized spacial score (nSPS) is 18.4. The smallest absolute Gasteiger partial charge is 0.414 e. The number of carbonyl (C=O) groups excluding carboxylic acids is 2. The monoisotopic (exact) mass is 488 g/mol. The zero-order valence-corrected chi connectivity index (χ0v) is 19.8. The van der Waals surface area contributed by atoms with Gasteiger partial charge in [0.25, 0.3) is 0 Å². The highest BCUT2D eigenvalue weighted by atomic mass is 19.2. The van der Waals surface area contributed by atoms with Crippen LogP contribution in [0.15, 0.2) is 42.5 Å². The van der Waals surface area contributed by atoms with E-state index in [-0.39, 0.29) is 18.2 Å². The van der Waals surface area contributed by atoms with Crippen LogP contribution in [-0.2, 0) is 22.4 Å². The Bertz CT molecular complexity index is 1060. The van der Waals surface area contributed by atoms with E-state index < -0.39 is 35.7 Å². The molecule has 7 nitrogen and oxygen atoms in total. The second kappa shape index (κ2) is 11.8. The van der Waals surface area contributed by atoms with Gasteiger partial charge in [0.2, 0.25) is 5.91 Å². The topological polar surface area (TPSA) is 95.9 Å². The average Bonchev–Trinajstić information content (AvgIpc) is 2.82. The van der Waals surface area contributed by atoms with Crippen molar-refractivity contribution in [1.29, 1.82) is 0 Å². The van der Waals surface area contributed by atoms with Crippen LogP contribution < -0.4 is 10.1 Å². The van der Waals surface area contributed by atoms with Crippen LogP contribution in [0.5, 0.6) is 5.75 Å². The molecule has 188 valence electrons. The number of halogens is 2. The van der Waals surface area contributed by atoms with Crippen LogP contribution in [0.4, 0.5) is 13.6 Å². The van der Waals surface area contributed by atoms with Gasteiger partial charge in [-0.1, -0.05) is 31.0 Å². The number of carbonyl (C=O) groups is 3. The standard InChI is InChI=1S/C26H30F2N2O5/c1-30(2)26(34)35-19-10-7-16(8-11-19)15-23(25(32)33)29-24(31)20-6-4-3-5-18(20)13-17-9-12-21(27)22(28)14-17/h7-12,14,18,20,23H,3-6,13,15H2,1-2H3,(H,29,31)(H,32,33)/t18?,20?,23-/m0/s1. The Kier molecular flexibility index (Phi) is 8.78. The van der Waals surface area contributed by atoms with Gasteiger partial charge in [-0.05, 0) is 60.6 Å². The number of carboxylic acids is 1. The highest BCUT2D eigenvalue weighted by Gasteiger charge is 2.33. The number of aliphatic carboxylic acids is 1. The molecule has 35 heavy (non-hydrogen) atoms. The Morgan fingerprint density at radius 1 is 1.03 bits per heavy atom. The van der Waals surface area contributed by atoms with Gasteiger partial charge in [0.05, 0.1) is 0 Å². The molecule has 1 fully saturated rings. The minimum absolute atomic E-state index is 0.0591. The van der Waals surface area contributed by atoms with Gasteiger partial charge in [-0.25, -0.2) is 18.4 Å². The summed E-state index contributed by atoms with van der Waals surface area (Å²) in [6, 6.07) is 9.03. The third-order valence-corrected chi connectivity index (χ3v) is 6.28. The molecule has 1 aliphatic rings. The van der Waals surface area contributed by atoms with Crippen molar-refractivity contribution in [2.45, 2.75) is 44.6 Å². The number of rotatable bonds is 8. The van der Waals surface area contributed by atoms with Crippen LogP contribution in [0, 0.1) is 23.5 Å². The number of nitrogens with one attached hydrogen (secondary N) is 1. The van der Waals surface area contributed by atoms with Crippen LogP contribution in [0.25, 0.3) is 0 Å². The second-order valence-electron chi connectivity index (χ2n) is 9.11. The summed E-state index contributed by atoms with van der Waals surface area (Å²) < 4.78 is 32.1. The van der Waals surface area contributed by atoms with E-state index in [2.05, 4.69) is 5.32 Å². The Morgan fingerprint density at radius 2 is 1.69 bits per heavy atom. The van der Waals surface area contributed by atoms with Gasteiger partial charge in [0.15, 0.2) is 11.6 Å². The lowest BCUT2D eigenvalue weighted by Crippen LogP contribution is -2.47. The van der Waals surface area contributed by atoms with Crippen molar-refractivity contribution < 1.29 is 33.0 Å². The van der Waals surface area contributed by atoms with Gasteiger partial charge < -0.3 is 20.1 Å². The molecule has 1 aliphatic carbocycles. The predicted molar refractivity (Wildman–Crippen MR) is 125 cm³/mol. The van der Waals surface area contributed by atoms with Crippen molar-refractivity contribution in [2.24, 2.45) is 11.8 Å². The first kappa shape index (κ1) is 26.1. The fraction of sp³-hybridized carbons (Fsp3) is 0.423. The number of nitrogens with zero attached hydrogens (tertiary/aromatic N) is 1. The van der Waals surface area contributed by atoms with E-state index in [1.54, 1.807) is 38.4 Å². The molecule has 9 heteroatoms. The van der Waals surface area contributed by atoms with Crippen LogP contribution in [0.3, 0.4) is 0 Å². The first-order valence-electron chi connectivity index (χ1n) is 11.6. The molecule has 0 bridgehead atoms. The molecular formula is C26H30F2N2O5. The zero-order chi connectivity index (χ0) is 25.5. The van der Waals surface area contributed by atoms with Crippen molar-refractivity contribution in [1.82, 2.24) is 10.2 Å². The third-order valence-electron chi connectivity index (χ3n) is 6.28. The Hall–Kier alpha value is -3.49. The number of hydrogen-bond donors (Lipinski definition) is 2. The molecule has 2 amide bonds. The lowest BCUT2D eigenvalue weighted by molar-refractivity contribution is -0.143. The highest BCUT2D eigenvalue weighted by molar-refractivity contribution is 5.85. The minimum atomic E-state index is -1.16. The summed E-state index contributed by atoms with van der Waals surface area (Å²) in [4.78, 5) is 37.9. The number of benzene rings is 2. The van der Waals surface area contributed by atoms with Crippen LogP contribution in [0.1, 0.15) is 36.8 Å². The maximum absolute atomic E-state index is 13.6. The molecule has 2 aromatic carbocycles. The van der Waals surface area contributed by atoms with Crippen molar-refractivity contribution in [3.8, 4) is 5.75 Å². The molecule has 2 aromatic rings. The van der Waals surface area contributed by atoms with Gasteiger partial charge in [0, 0.05) is 26.4 Å². The van der Waals surface area contributed by atoms with Crippen LogP contribution in [0.2, 0.25) is 0 Å². The summed E-state index contributed by atoms with van der Waals surface area (Å²) in [5.41, 5.74) is 1.27. The summed E-state index contributed by atoms with van der Waals surface area (Å²) >= 11 is 0. The van der Waals surface area contributed by atoms with Crippen molar-refractivity contribution in [3.63, 3.8) is 0 Å². The average molecular weight is 489 g/mol. The summed E-state index contributed by atoms with van der Waals surface area (Å²) in [5.74, 6) is -3.52. The Labute approximate surface area is 203 Å². The maximum atomic E-state index is 13.6. The first-order valence-corrected chi connectivity index (χ1v) is 11.6. The summed E-state index contributed by atoms with van der Waals surface area (Å²) in [7, 11) is 3.12. The fourth-order valence-corrected chi connectivity index (χ4v) is 4.37. The minimum Gasteiger partial charge on any atom is -0.480 e. The largest absolute Gasteiger partial charge is 0.480 e. The molecule has 2 unspecified atom stereocenters. The summed E-state index contributed by atoms with van der Waals surface area (Å²) in [6.07, 6.45) is 3.07. The molecule has 2 N–H and O–H groups in total. The van der Waals surface area contributed by atoms with E-state index in [1.165, 1.54) is 11.0 Å². The molecule has 0 spiro atoms. The summed E-state index contributed by atoms with van der Waals surface area (Å²) in [5, 5.41) is 12.4. The van der Waals surface area contributed by atoms with E-state index >= 15 is 0 Å². The highest BCUT2D eigenvalue weighted by Crippen LogP contribution is 2.33. The van der Waals surface area contributed by atoms with E-state index in [1.807, 2.05) is 0 Å². The van der Waals surface area contributed by atoms with Crippen molar-refractivity contribution >= 4 is 18.0 Å². The molecular weight excluding hydrogens is 458 g/mol. The quantitative estimate of drug-likeness (QED) is 0.581. The number of amides is 2. The SMILES string of the molecule is CN(C)C(=O)Oc1ccc(C[C@H](NC(=O)C2CCCCC2Cc2ccc(F)c(F)c2)C(=O)O)cc1. The number of ether oxygens (including phenoxy) is 1. The lowest BCUT2D eigenvalue weighted by Gasteiger charge is -2.31. The van der Waals surface area contributed by atoms with E-state index in [9.17, 15) is 28.3 Å². The Balaban J connectivity index is 1.65. The second-order valence-corrected chi connectivity index (χ2v) is 9.11. The third kappa shape index (κ3) is 7.24. The van der Waals surface area contributed by atoms with E-state index in [0.29, 0.717) is 29.7 Å². The summed E-state index contributed by atoms with van der Waals surface area (Å²) in [6.45, 7) is 0. The van der Waals surface area contributed by atoms with Gasteiger partial charge >= 0.3 is 12.1 Å². The molecule has 0 aromatic heterocycles. The molecule has 0 saturated heterocycles. The van der Waals surface area contributed by atoms with E-state index in [0.717, 1.165) is 31.4 Å². The first-order chi connectivity index (χ1) is 16.6.